The van der Waals surface area contributed by atoms with Gasteiger partial charge >= 0.3 is 0 Å². The highest BCUT2D eigenvalue weighted by Crippen LogP contribution is 2.23. The molecule has 88 valence electrons. The number of phenolic OH excluding ortho intramolecular Hbond substituents is 1. The van der Waals surface area contributed by atoms with Crippen molar-refractivity contribution in [3.8, 4) is 5.75 Å². The highest BCUT2D eigenvalue weighted by atomic mass is 19.1. The summed E-state index contributed by atoms with van der Waals surface area (Å²) in [5, 5.41) is 12.8. The van der Waals surface area contributed by atoms with Gasteiger partial charge in [0.25, 0.3) is 0 Å². The summed E-state index contributed by atoms with van der Waals surface area (Å²) >= 11 is 0. The summed E-state index contributed by atoms with van der Waals surface area (Å²) in [6, 6.07) is 4.56. The van der Waals surface area contributed by atoms with Gasteiger partial charge in [0.15, 0.2) is 11.6 Å². The molecule has 16 heavy (non-hydrogen) atoms. The first-order valence-corrected chi connectivity index (χ1v) is 5.40. The van der Waals surface area contributed by atoms with E-state index in [-0.39, 0.29) is 11.3 Å². The molecule has 0 aliphatic carbocycles. The number of phenols is 1. The minimum Gasteiger partial charge on any atom is -0.505 e. The van der Waals surface area contributed by atoms with E-state index in [4.69, 9.17) is 4.74 Å². The number of rotatable bonds is 3. The number of ether oxygens (including phenoxy) is 1. The van der Waals surface area contributed by atoms with Gasteiger partial charge in [-0.15, -0.1) is 0 Å². The lowest BCUT2D eigenvalue weighted by Crippen LogP contribution is -2.42. The maximum atomic E-state index is 13.1. The first-order chi connectivity index (χ1) is 7.61. The Kier molecular flexibility index (Phi) is 3.12. The molecule has 1 unspecified atom stereocenters. The first-order valence-electron chi connectivity index (χ1n) is 5.40. The molecule has 0 amide bonds. The molecule has 1 aliphatic rings. The molecule has 2 rings (SSSR count). The van der Waals surface area contributed by atoms with E-state index in [2.05, 4.69) is 12.2 Å². The summed E-state index contributed by atoms with van der Waals surface area (Å²) < 4.78 is 18.4. The van der Waals surface area contributed by atoms with Crippen LogP contribution in [0.4, 0.5) is 4.39 Å². The van der Waals surface area contributed by atoms with Crippen molar-refractivity contribution in [3.63, 3.8) is 0 Å². The number of halogens is 1. The lowest BCUT2D eigenvalue weighted by molar-refractivity contribution is 0.171. The fourth-order valence-corrected chi connectivity index (χ4v) is 1.82. The molecule has 1 aromatic rings. The highest BCUT2D eigenvalue weighted by molar-refractivity contribution is 5.33. The Morgan fingerprint density at radius 3 is 3.06 bits per heavy atom. The minimum absolute atomic E-state index is 0.0707. The van der Waals surface area contributed by atoms with E-state index < -0.39 is 5.82 Å². The van der Waals surface area contributed by atoms with Crippen LogP contribution in [0.25, 0.3) is 0 Å². The van der Waals surface area contributed by atoms with Crippen LogP contribution in [0.1, 0.15) is 18.9 Å². The van der Waals surface area contributed by atoms with Crippen LogP contribution in [0.2, 0.25) is 0 Å². The van der Waals surface area contributed by atoms with E-state index >= 15 is 0 Å². The molecule has 0 radical (unpaired) electrons. The molecular formula is C12H16FNO2. The van der Waals surface area contributed by atoms with Crippen LogP contribution in [0, 0.1) is 5.82 Å². The van der Waals surface area contributed by atoms with Gasteiger partial charge in [-0.25, -0.2) is 4.39 Å². The monoisotopic (exact) mass is 225 g/mol. The van der Waals surface area contributed by atoms with Gasteiger partial charge in [-0.05, 0) is 19.4 Å². The largest absolute Gasteiger partial charge is 0.505 e. The molecule has 1 aliphatic heterocycles. The molecule has 1 fully saturated rings. The van der Waals surface area contributed by atoms with Gasteiger partial charge in [-0.3, -0.25) is 0 Å². The van der Waals surface area contributed by atoms with E-state index in [0.717, 1.165) is 13.0 Å². The lowest BCUT2D eigenvalue weighted by atomic mass is 10.0. The van der Waals surface area contributed by atoms with E-state index in [0.29, 0.717) is 18.7 Å². The van der Waals surface area contributed by atoms with E-state index in [1.54, 1.807) is 12.1 Å². The lowest BCUT2D eigenvalue weighted by Gasteiger charge is -2.23. The number of aromatic hydroxyl groups is 1. The summed E-state index contributed by atoms with van der Waals surface area (Å²) in [4.78, 5) is 0. The summed E-state index contributed by atoms with van der Waals surface area (Å²) in [6.07, 6.45) is 0.934. The molecule has 1 heterocycles. The van der Waals surface area contributed by atoms with Gasteiger partial charge in [0.1, 0.15) is 0 Å². The standard InChI is InChI=1S/C12H16FNO2/c1-12(5-6-16-8-12)14-7-9-3-2-4-10(13)11(9)15/h2-4,14-15H,5-8H2,1H3. The zero-order chi connectivity index (χ0) is 11.6. The van der Waals surface area contributed by atoms with E-state index in [9.17, 15) is 9.50 Å². The van der Waals surface area contributed by atoms with Crippen LogP contribution in [0.15, 0.2) is 18.2 Å². The summed E-state index contributed by atoms with van der Waals surface area (Å²) in [6.45, 7) is 3.92. The average Bonchev–Trinajstić information content (AvgIpc) is 2.68. The molecular weight excluding hydrogens is 209 g/mol. The zero-order valence-electron chi connectivity index (χ0n) is 9.29. The molecule has 0 saturated carbocycles. The Hall–Kier alpha value is -1.13. The average molecular weight is 225 g/mol. The van der Waals surface area contributed by atoms with Crippen molar-refractivity contribution in [3.05, 3.63) is 29.6 Å². The van der Waals surface area contributed by atoms with Crippen LogP contribution in [-0.4, -0.2) is 23.9 Å². The third kappa shape index (κ3) is 2.33. The fourth-order valence-electron chi connectivity index (χ4n) is 1.82. The first kappa shape index (κ1) is 11.4. The number of benzene rings is 1. The number of hydrogen-bond donors (Lipinski definition) is 2. The maximum Gasteiger partial charge on any atom is 0.165 e. The van der Waals surface area contributed by atoms with Crippen LogP contribution in [0.5, 0.6) is 5.75 Å². The van der Waals surface area contributed by atoms with Crippen molar-refractivity contribution in [1.82, 2.24) is 5.32 Å². The van der Waals surface area contributed by atoms with E-state index in [1.807, 2.05) is 0 Å². The van der Waals surface area contributed by atoms with Crippen molar-refractivity contribution in [2.45, 2.75) is 25.4 Å². The molecule has 1 atom stereocenters. The summed E-state index contributed by atoms with van der Waals surface area (Å²) in [5.41, 5.74) is 0.506. The predicted octanol–water partition coefficient (Wildman–Crippen LogP) is 1.80. The van der Waals surface area contributed by atoms with Gasteiger partial charge in [-0.1, -0.05) is 12.1 Å². The maximum absolute atomic E-state index is 13.1. The summed E-state index contributed by atoms with van der Waals surface area (Å²) in [7, 11) is 0. The molecule has 1 saturated heterocycles. The normalized spacial score (nSPS) is 24.9. The Bertz CT molecular complexity index is 375. The van der Waals surface area contributed by atoms with Crippen molar-refractivity contribution < 1.29 is 14.2 Å². The van der Waals surface area contributed by atoms with Crippen molar-refractivity contribution >= 4 is 0 Å². The van der Waals surface area contributed by atoms with Crippen molar-refractivity contribution in [2.75, 3.05) is 13.2 Å². The second-order valence-electron chi connectivity index (χ2n) is 4.46. The van der Waals surface area contributed by atoms with Crippen LogP contribution < -0.4 is 5.32 Å². The Morgan fingerprint density at radius 2 is 2.38 bits per heavy atom. The molecule has 4 heteroatoms. The van der Waals surface area contributed by atoms with Crippen molar-refractivity contribution in [2.24, 2.45) is 0 Å². The van der Waals surface area contributed by atoms with Crippen LogP contribution >= 0.6 is 0 Å². The summed E-state index contributed by atoms with van der Waals surface area (Å²) in [5.74, 6) is -0.843. The van der Waals surface area contributed by atoms with Gasteiger partial charge in [0.05, 0.1) is 6.61 Å². The predicted molar refractivity (Wildman–Crippen MR) is 58.7 cm³/mol. The Morgan fingerprint density at radius 1 is 1.56 bits per heavy atom. The van der Waals surface area contributed by atoms with Crippen LogP contribution in [-0.2, 0) is 11.3 Å². The fraction of sp³-hybridized carbons (Fsp3) is 0.500. The molecule has 0 bridgehead atoms. The molecule has 0 aromatic heterocycles. The number of hydrogen-bond acceptors (Lipinski definition) is 3. The zero-order valence-corrected chi connectivity index (χ0v) is 9.29. The smallest absolute Gasteiger partial charge is 0.165 e. The van der Waals surface area contributed by atoms with Crippen molar-refractivity contribution in [1.29, 1.82) is 0 Å². The third-order valence-corrected chi connectivity index (χ3v) is 2.99. The second-order valence-corrected chi connectivity index (χ2v) is 4.46. The van der Waals surface area contributed by atoms with Gasteiger partial charge in [0.2, 0.25) is 0 Å². The Balaban J connectivity index is 2.02. The Labute approximate surface area is 94.2 Å². The van der Waals surface area contributed by atoms with Gasteiger partial charge < -0.3 is 15.2 Å². The highest BCUT2D eigenvalue weighted by Gasteiger charge is 2.29. The second kappa shape index (κ2) is 4.39. The molecule has 3 nitrogen and oxygen atoms in total. The molecule has 1 aromatic carbocycles. The minimum atomic E-state index is -0.577. The topological polar surface area (TPSA) is 41.5 Å². The van der Waals surface area contributed by atoms with Gasteiger partial charge in [0, 0.05) is 24.3 Å². The van der Waals surface area contributed by atoms with Gasteiger partial charge in [-0.2, -0.15) is 0 Å². The molecule has 2 N–H and O–H groups in total. The van der Waals surface area contributed by atoms with Crippen LogP contribution in [0.3, 0.4) is 0 Å². The quantitative estimate of drug-likeness (QED) is 0.824. The number of para-hydroxylation sites is 1. The molecule has 0 spiro atoms. The third-order valence-electron chi connectivity index (χ3n) is 2.99. The number of nitrogens with one attached hydrogen (secondary N) is 1. The van der Waals surface area contributed by atoms with E-state index in [1.165, 1.54) is 6.07 Å². The SMILES string of the molecule is CC1(NCc2cccc(F)c2O)CCOC1.